The van der Waals surface area contributed by atoms with E-state index in [0.29, 0.717) is 26.0 Å². The number of halogens is 1. The van der Waals surface area contributed by atoms with Crippen LogP contribution in [0, 0.1) is 5.82 Å². The topological polar surface area (TPSA) is 71.4 Å². The van der Waals surface area contributed by atoms with Crippen LogP contribution < -0.4 is 4.74 Å². The molecule has 2 atom stereocenters. The fraction of sp³-hybridized carbons (Fsp3) is 0.423. The maximum Gasteiger partial charge on any atom is 0.323 e. The summed E-state index contributed by atoms with van der Waals surface area (Å²) in [6, 6.07) is 12.9. The van der Waals surface area contributed by atoms with Gasteiger partial charge in [-0.2, -0.15) is 5.10 Å². The Morgan fingerprint density at radius 3 is 2.50 bits per heavy atom. The van der Waals surface area contributed by atoms with Gasteiger partial charge in [0.05, 0.1) is 32.0 Å². The Labute approximate surface area is 199 Å². The molecule has 0 spiro atoms. The fourth-order valence-electron chi connectivity index (χ4n) is 4.57. The van der Waals surface area contributed by atoms with Crippen molar-refractivity contribution in [1.82, 2.24) is 9.91 Å². The Kier molecular flexibility index (Phi) is 7.57. The minimum atomic E-state index is -0.422. The van der Waals surface area contributed by atoms with E-state index < -0.39 is 6.04 Å². The first-order valence-electron chi connectivity index (χ1n) is 11.7. The molecule has 2 aliphatic rings. The van der Waals surface area contributed by atoms with Gasteiger partial charge in [-0.1, -0.05) is 18.6 Å². The number of carbonyl (C=O) groups is 2. The summed E-state index contributed by atoms with van der Waals surface area (Å²) in [6.07, 6.45) is 3.03. The van der Waals surface area contributed by atoms with E-state index in [2.05, 4.69) is 5.10 Å². The molecular formula is C26H30FN3O4. The molecule has 0 bridgehead atoms. The summed E-state index contributed by atoms with van der Waals surface area (Å²) < 4.78 is 24.0. The molecule has 0 unspecified atom stereocenters. The van der Waals surface area contributed by atoms with E-state index in [-0.39, 0.29) is 30.3 Å². The van der Waals surface area contributed by atoms with E-state index in [1.165, 1.54) is 17.1 Å². The molecule has 2 aromatic rings. The van der Waals surface area contributed by atoms with Gasteiger partial charge in [0.25, 0.3) is 5.91 Å². The van der Waals surface area contributed by atoms with E-state index in [4.69, 9.17) is 9.47 Å². The molecule has 1 fully saturated rings. The van der Waals surface area contributed by atoms with Crippen molar-refractivity contribution in [1.29, 1.82) is 0 Å². The van der Waals surface area contributed by atoms with Gasteiger partial charge in [-0.25, -0.2) is 9.40 Å². The van der Waals surface area contributed by atoms with Gasteiger partial charge in [-0.15, -0.1) is 0 Å². The zero-order chi connectivity index (χ0) is 24.1. The first kappa shape index (κ1) is 23.9. The van der Waals surface area contributed by atoms with E-state index in [0.717, 1.165) is 35.4 Å². The maximum atomic E-state index is 13.6. The molecule has 180 valence electrons. The van der Waals surface area contributed by atoms with Crippen molar-refractivity contribution >= 4 is 17.6 Å². The molecule has 0 aliphatic carbocycles. The van der Waals surface area contributed by atoms with Crippen LogP contribution in [-0.2, 0) is 14.3 Å². The third-order valence-electron chi connectivity index (χ3n) is 6.35. The quantitative estimate of drug-likeness (QED) is 0.577. The Morgan fingerprint density at radius 1 is 1.09 bits per heavy atom. The van der Waals surface area contributed by atoms with Gasteiger partial charge in [0, 0.05) is 6.42 Å². The number of methoxy groups -OCH3 is 1. The van der Waals surface area contributed by atoms with E-state index in [1.807, 2.05) is 29.2 Å². The molecule has 0 saturated carbocycles. The molecule has 2 heterocycles. The number of piperidine rings is 1. The second-order valence-electron chi connectivity index (χ2n) is 8.52. The predicted molar refractivity (Wildman–Crippen MR) is 126 cm³/mol. The summed E-state index contributed by atoms with van der Waals surface area (Å²) in [6.45, 7) is 2.81. The molecule has 0 radical (unpaired) electrons. The van der Waals surface area contributed by atoms with Crippen LogP contribution in [0.5, 0.6) is 5.75 Å². The predicted octanol–water partition coefficient (Wildman–Crippen LogP) is 3.93. The Morgan fingerprint density at radius 2 is 1.82 bits per heavy atom. The van der Waals surface area contributed by atoms with Crippen LogP contribution in [0.25, 0.3) is 0 Å². The minimum absolute atomic E-state index is 0.0700. The molecule has 1 saturated heterocycles. The second-order valence-corrected chi connectivity index (χ2v) is 8.52. The van der Waals surface area contributed by atoms with E-state index in [1.54, 1.807) is 26.2 Å². The van der Waals surface area contributed by atoms with E-state index in [9.17, 15) is 14.0 Å². The van der Waals surface area contributed by atoms with Gasteiger partial charge in [0.1, 0.15) is 17.6 Å². The first-order valence-corrected chi connectivity index (χ1v) is 11.7. The number of nitrogens with zero attached hydrogens (tertiary/aromatic N) is 3. The van der Waals surface area contributed by atoms with Crippen LogP contribution in [0.15, 0.2) is 53.6 Å². The smallest absolute Gasteiger partial charge is 0.323 e. The van der Waals surface area contributed by atoms with Crippen LogP contribution in [-0.4, -0.2) is 60.3 Å². The molecule has 1 amide bonds. The van der Waals surface area contributed by atoms with Gasteiger partial charge in [0.2, 0.25) is 0 Å². The van der Waals surface area contributed by atoms with Gasteiger partial charge in [0.15, 0.2) is 0 Å². The zero-order valence-corrected chi connectivity index (χ0v) is 19.6. The number of hydrazone groups is 1. The highest BCUT2D eigenvalue weighted by atomic mass is 19.1. The molecule has 4 rings (SSSR count). The fourth-order valence-corrected chi connectivity index (χ4v) is 4.57. The molecule has 8 heteroatoms. The SMILES string of the molecule is CCOC(=O)[C@H]1CCCCN1CC(=O)N1N=C(c2ccc(OC)cc2)C[C@H]1c1ccc(F)cc1. The Bertz CT molecular complexity index is 1040. The molecular weight excluding hydrogens is 437 g/mol. The normalized spacial score (nSPS) is 20.7. The number of amides is 1. The number of hydrogen-bond donors (Lipinski definition) is 0. The molecule has 2 aliphatic heterocycles. The lowest BCUT2D eigenvalue weighted by Crippen LogP contribution is -2.49. The summed E-state index contributed by atoms with van der Waals surface area (Å²) in [5.74, 6) is -0.0788. The molecule has 34 heavy (non-hydrogen) atoms. The third kappa shape index (κ3) is 5.28. The van der Waals surface area contributed by atoms with Crippen molar-refractivity contribution < 1.29 is 23.5 Å². The van der Waals surface area contributed by atoms with Gasteiger partial charge in [-0.3, -0.25) is 14.5 Å². The van der Waals surface area contributed by atoms with Crippen molar-refractivity contribution in [2.24, 2.45) is 5.10 Å². The third-order valence-corrected chi connectivity index (χ3v) is 6.35. The second kappa shape index (κ2) is 10.8. The molecule has 0 aromatic heterocycles. The highest BCUT2D eigenvalue weighted by molar-refractivity contribution is 6.03. The Balaban J connectivity index is 1.58. The monoisotopic (exact) mass is 467 g/mol. The molecule has 0 N–H and O–H groups in total. The summed E-state index contributed by atoms with van der Waals surface area (Å²) in [4.78, 5) is 27.9. The number of hydrogen-bond acceptors (Lipinski definition) is 6. The van der Waals surface area contributed by atoms with Crippen molar-refractivity contribution in [3.05, 3.63) is 65.5 Å². The van der Waals surface area contributed by atoms with Crippen LogP contribution in [0.4, 0.5) is 4.39 Å². The van der Waals surface area contributed by atoms with Crippen molar-refractivity contribution in [3.63, 3.8) is 0 Å². The standard InChI is InChI=1S/C26H30FN3O4/c1-3-34-26(32)23-6-4-5-15-29(23)17-25(31)30-24(19-7-11-20(27)12-8-19)16-22(28-30)18-9-13-21(33-2)14-10-18/h7-14,23-24H,3-6,15-17H2,1-2H3/t23-,24+/m1/s1. The van der Waals surface area contributed by atoms with Crippen LogP contribution in [0.2, 0.25) is 0 Å². The molecule has 2 aromatic carbocycles. The average Bonchev–Trinajstić information content (AvgIpc) is 3.31. The van der Waals surface area contributed by atoms with Gasteiger partial charge >= 0.3 is 5.97 Å². The zero-order valence-electron chi connectivity index (χ0n) is 19.6. The van der Waals surface area contributed by atoms with Crippen molar-refractivity contribution in [3.8, 4) is 5.75 Å². The lowest BCUT2D eigenvalue weighted by molar-refractivity contribution is -0.152. The van der Waals surface area contributed by atoms with Gasteiger partial charge in [-0.05, 0) is 73.8 Å². The number of likely N-dealkylation sites (tertiary alicyclic amines) is 1. The number of ether oxygens (including phenoxy) is 2. The number of rotatable bonds is 7. The lowest BCUT2D eigenvalue weighted by Gasteiger charge is -2.34. The van der Waals surface area contributed by atoms with E-state index >= 15 is 0 Å². The van der Waals surface area contributed by atoms with Crippen LogP contribution in [0.3, 0.4) is 0 Å². The highest BCUT2D eigenvalue weighted by Crippen LogP contribution is 2.33. The summed E-state index contributed by atoms with van der Waals surface area (Å²) >= 11 is 0. The van der Waals surface area contributed by atoms with Crippen molar-refractivity contribution in [2.45, 2.75) is 44.7 Å². The Hall–Kier alpha value is -3.26. The first-order chi connectivity index (χ1) is 16.5. The van der Waals surface area contributed by atoms with Crippen LogP contribution in [0.1, 0.15) is 49.8 Å². The van der Waals surface area contributed by atoms with Crippen molar-refractivity contribution in [2.75, 3.05) is 26.8 Å². The largest absolute Gasteiger partial charge is 0.497 e. The minimum Gasteiger partial charge on any atom is -0.497 e. The maximum absolute atomic E-state index is 13.6. The summed E-state index contributed by atoms with van der Waals surface area (Å²) in [5, 5.41) is 6.18. The lowest BCUT2D eigenvalue weighted by atomic mass is 9.98. The molecule has 7 nitrogen and oxygen atoms in total. The summed E-state index contributed by atoms with van der Waals surface area (Å²) in [5.41, 5.74) is 2.47. The number of carbonyl (C=O) groups excluding carboxylic acids is 2. The number of esters is 1. The van der Waals surface area contributed by atoms with Gasteiger partial charge < -0.3 is 9.47 Å². The number of benzene rings is 2. The average molecular weight is 468 g/mol. The summed E-state index contributed by atoms with van der Waals surface area (Å²) in [7, 11) is 1.61. The van der Waals surface area contributed by atoms with Crippen LogP contribution >= 0.6 is 0 Å². The highest BCUT2D eigenvalue weighted by Gasteiger charge is 2.37.